The van der Waals surface area contributed by atoms with Crippen molar-refractivity contribution in [2.24, 2.45) is 7.05 Å². The summed E-state index contributed by atoms with van der Waals surface area (Å²) >= 11 is 0. The average molecular weight is 315 g/mol. The Labute approximate surface area is 133 Å². The Hall–Kier alpha value is -2.60. The number of aromatic nitrogens is 1. The van der Waals surface area contributed by atoms with Crippen LogP contribution in [-0.4, -0.2) is 28.5 Å². The van der Waals surface area contributed by atoms with Crippen LogP contribution in [0.3, 0.4) is 0 Å². The molecule has 0 bridgehead atoms. The van der Waals surface area contributed by atoms with Crippen molar-refractivity contribution in [3.63, 3.8) is 0 Å². The number of carbonyl (C=O) groups excluding carboxylic acids is 2. The van der Waals surface area contributed by atoms with Crippen molar-refractivity contribution >= 4 is 11.8 Å². The summed E-state index contributed by atoms with van der Waals surface area (Å²) in [5.41, 5.74) is 2.81. The minimum Gasteiger partial charge on any atom is -0.488 e. The fourth-order valence-corrected chi connectivity index (χ4v) is 2.81. The molecule has 0 aliphatic carbocycles. The average Bonchev–Trinajstić information content (AvgIpc) is 2.80. The summed E-state index contributed by atoms with van der Waals surface area (Å²) in [7, 11) is 2.84. The van der Waals surface area contributed by atoms with Crippen LogP contribution in [0.2, 0.25) is 0 Å². The second-order valence-electron chi connectivity index (χ2n) is 5.55. The Morgan fingerprint density at radius 3 is 2.83 bits per heavy atom. The number of aryl methyl sites for hydroxylation is 1. The molecule has 1 aromatic carbocycles. The van der Waals surface area contributed by atoms with Crippen molar-refractivity contribution in [3.05, 3.63) is 52.3 Å². The van der Waals surface area contributed by atoms with Crippen LogP contribution in [-0.2, 0) is 23.2 Å². The van der Waals surface area contributed by atoms with E-state index < -0.39 is 12.1 Å². The van der Waals surface area contributed by atoms with Crippen LogP contribution in [0.4, 0.5) is 0 Å². The quantitative estimate of drug-likeness (QED) is 0.853. The number of nitrogens with zero attached hydrogens (tertiary/aromatic N) is 1. The van der Waals surface area contributed by atoms with Crippen LogP contribution < -0.4 is 4.74 Å². The molecule has 23 heavy (non-hydrogen) atoms. The van der Waals surface area contributed by atoms with Crippen molar-refractivity contribution < 1.29 is 24.2 Å². The number of fused-ring (bicyclic) bond motifs is 2. The van der Waals surface area contributed by atoms with E-state index in [0.717, 1.165) is 5.56 Å². The molecule has 1 aromatic heterocycles. The topological polar surface area (TPSA) is 77.8 Å². The molecule has 0 fully saturated rings. The van der Waals surface area contributed by atoms with Gasteiger partial charge in [-0.3, -0.25) is 4.79 Å². The van der Waals surface area contributed by atoms with Gasteiger partial charge in [0.1, 0.15) is 12.4 Å². The number of aliphatic hydroxyl groups excluding tert-OH is 1. The van der Waals surface area contributed by atoms with E-state index in [2.05, 4.69) is 4.74 Å². The van der Waals surface area contributed by atoms with Crippen molar-refractivity contribution in [1.82, 2.24) is 4.57 Å². The third-order valence-electron chi connectivity index (χ3n) is 4.03. The van der Waals surface area contributed by atoms with Crippen LogP contribution in [0.15, 0.2) is 24.3 Å². The van der Waals surface area contributed by atoms with Crippen molar-refractivity contribution in [2.75, 3.05) is 7.11 Å². The van der Waals surface area contributed by atoms with E-state index in [0.29, 0.717) is 28.3 Å². The molecule has 6 nitrogen and oxygen atoms in total. The van der Waals surface area contributed by atoms with Gasteiger partial charge < -0.3 is 19.1 Å². The highest BCUT2D eigenvalue weighted by atomic mass is 16.5. The summed E-state index contributed by atoms with van der Waals surface area (Å²) in [5.74, 6) is -0.426. The zero-order valence-corrected chi connectivity index (χ0v) is 13.1. The molecule has 0 radical (unpaired) electrons. The molecule has 120 valence electrons. The van der Waals surface area contributed by atoms with E-state index in [4.69, 9.17) is 4.74 Å². The molecule has 0 saturated carbocycles. The van der Waals surface area contributed by atoms with Gasteiger partial charge in [0, 0.05) is 12.6 Å². The van der Waals surface area contributed by atoms with Gasteiger partial charge >= 0.3 is 5.97 Å². The molecule has 1 aliphatic heterocycles. The largest absolute Gasteiger partial charge is 0.488 e. The SMILES string of the molecule is COC(=O)C(O)c1cc2c(n1C)C(=O)c1ccc(C)cc1OC2. The summed E-state index contributed by atoms with van der Waals surface area (Å²) in [6, 6.07) is 7.00. The summed E-state index contributed by atoms with van der Waals surface area (Å²) in [5, 5.41) is 10.1. The smallest absolute Gasteiger partial charge is 0.340 e. The molecular weight excluding hydrogens is 298 g/mol. The van der Waals surface area contributed by atoms with Crippen LogP contribution in [0.5, 0.6) is 5.75 Å². The first-order valence-corrected chi connectivity index (χ1v) is 7.16. The molecule has 0 spiro atoms. The van der Waals surface area contributed by atoms with Gasteiger partial charge in [-0.2, -0.15) is 0 Å². The molecule has 1 N–H and O–H groups in total. The summed E-state index contributed by atoms with van der Waals surface area (Å²) in [6.07, 6.45) is -1.44. The van der Waals surface area contributed by atoms with E-state index >= 15 is 0 Å². The maximum Gasteiger partial charge on any atom is 0.340 e. The third kappa shape index (κ3) is 2.41. The Morgan fingerprint density at radius 1 is 1.39 bits per heavy atom. The zero-order valence-electron chi connectivity index (χ0n) is 13.1. The van der Waals surface area contributed by atoms with E-state index in [-0.39, 0.29) is 12.4 Å². The van der Waals surface area contributed by atoms with E-state index in [1.54, 1.807) is 19.2 Å². The lowest BCUT2D eigenvalue weighted by atomic mass is 10.0. The minimum absolute atomic E-state index is 0.194. The second-order valence-corrected chi connectivity index (χ2v) is 5.55. The monoisotopic (exact) mass is 315 g/mol. The fraction of sp³-hybridized carbons (Fsp3) is 0.294. The van der Waals surface area contributed by atoms with Crippen LogP contribution in [0.25, 0.3) is 0 Å². The lowest BCUT2D eigenvalue weighted by Gasteiger charge is -2.12. The number of carbonyl (C=O) groups is 2. The molecule has 0 saturated heterocycles. The highest BCUT2D eigenvalue weighted by Gasteiger charge is 2.30. The summed E-state index contributed by atoms with van der Waals surface area (Å²) in [6.45, 7) is 2.12. The van der Waals surface area contributed by atoms with Gasteiger partial charge in [0.05, 0.1) is 24.1 Å². The third-order valence-corrected chi connectivity index (χ3v) is 4.03. The lowest BCUT2D eigenvalue weighted by Crippen LogP contribution is -2.18. The van der Waals surface area contributed by atoms with Gasteiger partial charge in [0.25, 0.3) is 0 Å². The number of ether oxygens (including phenoxy) is 2. The molecule has 6 heteroatoms. The number of aliphatic hydroxyl groups is 1. The molecule has 0 amide bonds. The van der Waals surface area contributed by atoms with Gasteiger partial charge in [-0.05, 0) is 30.7 Å². The Bertz CT molecular complexity index is 806. The fourth-order valence-electron chi connectivity index (χ4n) is 2.81. The van der Waals surface area contributed by atoms with Gasteiger partial charge in [0.2, 0.25) is 5.78 Å². The maximum absolute atomic E-state index is 12.8. The standard InChI is InChI=1S/C17H17NO5/c1-9-4-5-11-13(6-9)23-8-10-7-12(16(20)17(21)22-3)18(2)14(10)15(11)19/h4-7,16,20H,8H2,1-3H3. The van der Waals surface area contributed by atoms with Gasteiger partial charge in [-0.1, -0.05) is 6.07 Å². The second kappa shape index (κ2) is 5.55. The summed E-state index contributed by atoms with van der Waals surface area (Å²) < 4.78 is 11.8. The van der Waals surface area contributed by atoms with Gasteiger partial charge in [-0.25, -0.2) is 4.79 Å². The predicted molar refractivity (Wildman–Crippen MR) is 81.3 cm³/mol. The van der Waals surface area contributed by atoms with Crippen molar-refractivity contribution in [1.29, 1.82) is 0 Å². The molecule has 1 unspecified atom stereocenters. The lowest BCUT2D eigenvalue weighted by molar-refractivity contribution is -0.151. The van der Waals surface area contributed by atoms with Crippen molar-refractivity contribution in [2.45, 2.75) is 19.6 Å². The molecule has 1 aliphatic rings. The predicted octanol–water partition coefficient (Wildman–Crippen LogP) is 1.66. The molecule has 2 heterocycles. The number of rotatable bonds is 2. The summed E-state index contributed by atoms with van der Waals surface area (Å²) in [4.78, 5) is 24.4. The zero-order chi connectivity index (χ0) is 16.7. The van der Waals surface area contributed by atoms with Crippen molar-refractivity contribution in [3.8, 4) is 5.75 Å². The first-order chi connectivity index (χ1) is 10.9. The Balaban J connectivity index is 2.10. The van der Waals surface area contributed by atoms with E-state index in [1.165, 1.54) is 11.7 Å². The molecule has 3 rings (SSSR count). The highest BCUT2D eigenvalue weighted by Crippen LogP contribution is 2.32. The first kappa shape index (κ1) is 15.3. The van der Waals surface area contributed by atoms with E-state index in [1.807, 2.05) is 19.1 Å². The van der Waals surface area contributed by atoms with Crippen LogP contribution in [0, 0.1) is 6.92 Å². The number of benzene rings is 1. The number of hydrogen-bond donors (Lipinski definition) is 1. The number of methoxy groups -OCH3 is 1. The Kier molecular flexibility index (Phi) is 3.69. The van der Waals surface area contributed by atoms with Crippen LogP contribution >= 0.6 is 0 Å². The minimum atomic E-state index is -1.44. The number of ketones is 1. The Morgan fingerprint density at radius 2 is 2.13 bits per heavy atom. The molecular formula is C17H17NO5. The van der Waals surface area contributed by atoms with Gasteiger partial charge in [0.15, 0.2) is 6.10 Å². The number of esters is 1. The highest BCUT2D eigenvalue weighted by molar-refractivity contribution is 6.11. The normalized spacial score (nSPS) is 14.3. The van der Waals surface area contributed by atoms with Gasteiger partial charge in [-0.15, -0.1) is 0 Å². The van der Waals surface area contributed by atoms with E-state index in [9.17, 15) is 14.7 Å². The number of hydrogen-bond acceptors (Lipinski definition) is 5. The van der Waals surface area contributed by atoms with Crippen LogP contribution in [0.1, 0.15) is 39.0 Å². The molecule has 1 atom stereocenters. The molecule has 2 aromatic rings. The maximum atomic E-state index is 12.8. The first-order valence-electron chi connectivity index (χ1n) is 7.16.